The molecule has 1 saturated heterocycles. The molecule has 4 nitrogen and oxygen atoms in total. The summed E-state index contributed by atoms with van der Waals surface area (Å²) in [4.78, 5) is 13.3. The van der Waals surface area contributed by atoms with E-state index in [1.54, 1.807) is 25.1 Å². The van der Waals surface area contributed by atoms with Crippen molar-refractivity contribution in [1.82, 2.24) is 4.90 Å². The van der Waals surface area contributed by atoms with E-state index >= 15 is 0 Å². The van der Waals surface area contributed by atoms with Gasteiger partial charge in [0.1, 0.15) is 12.4 Å². The maximum atomic E-state index is 10.9. The summed E-state index contributed by atoms with van der Waals surface area (Å²) in [6.07, 6.45) is 3.91. The Morgan fingerprint density at radius 3 is 2.68 bits per heavy atom. The van der Waals surface area contributed by atoms with Crippen LogP contribution in [0.4, 0.5) is 0 Å². The van der Waals surface area contributed by atoms with Gasteiger partial charge in [0.2, 0.25) is 0 Å². The van der Waals surface area contributed by atoms with E-state index in [0.29, 0.717) is 12.2 Å². The lowest BCUT2D eigenvalue weighted by atomic mass is 10.1. The van der Waals surface area contributed by atoms with Gasteiger partial charge in [-0.3, -0.25) is 4.90 Å². The quantitative estimate of drug-likeness (QED) is 0.887. The fourth-order valence-electron chi connectivity index (χ4n) is 2.44. The molecular formula is C15H21NO3. The van der Waals surface area contributed by atoms with Crippen LogP contribution in [0.3, 0.4) is 0 Å². The van der Waals surface area contributed by atoms with Gasteiger partial charge in [-0.2, -0.15) is 0 Å². The first-order chi connectivity index (χ1) is 9.16. The number of aryl methyl sites for hydroxylation is 1. The zero-order valence-electron chi connectivity index (χ0n) is 11.4. The highest BCUT2D eigenvalue weighted by Gasteiger charge is 2.10. The van der Waals surface area contributed by atoms with Crippen LogP contribution < -0.4 is 4.74 Å². The predicted octanol–water partition coefficient (Wildman–Crippen LogP) is 2.56. The van der Waals surface area contributed by atoms with Crippen molar-refractivity contribution in [3.8, 4) is 5.75 Å². The van der Waals surface area contributed by atoms with E-state index in [-0.39, 0.29) is 0 Å². The molecule has 0 unspecified atom stereocenters. The molecule has 4 heteroatoms. The van der Waals surface area contributed by atoms with E-state index in [9.17, 15) is 4.79 Å². The van der Waals surface area contributed by atoms with E-state index < -0.39 is 5.97 Å². The summed E-state index contributed by atoms with van der Waals surface area (Å²) >= 11 is 0. The number of piperidine rings is 1. The maximum Gasteiger partial charge on any atom is 0.335 e. The van der Waals surface area contributed by atoms with Crippen LogP contribution in [0.5, 0.6) is 5.75 Å². The van der Waals surface area contributed by atoms with Gasteiger partial charge >= 0.3 is 5.97 Å². The fourth-order valence-corrected chi connectivity index (χ4v) is 2.44. The summed E-state index contributed by atoms with van der Waals surface area (Å²) < 4.78 is 5.69. The van der Waals surface area contributed by atoms with Crippen LogP contribution in [0.1, 0.15) is 35.2 Å². The Hall–Kier alpha value is -1.55. The normalized spacial score (nSPS) is 16.3. The molecule has 1 N–H and O–H groups in total. The molecule has 0 amide bonds. The minimum absolute atomic E-state index is 0.336. The van der Waals surface area contributed by atoms with Crippen LogP contribution in [0.2, 0.25) is 0 Å². The van der Waals surface area contributed by atoms with Crippen LogP contribution >= 0.6 is 0 Å². The van der Waals surface area contributed by atoms with Crippen molar-refractivity contribution < 1.29 is 14.6 Å². The summed E-state index contributed by atoms with van der Waals surface area (Å²) in [7, 11) is 0. The van der Waals surface area contributed by atoms with E-state index in [1.165, 1.54) is 32.4 Å². The number of benzene rings is 1. The van der Waals surface area contributed by atoms with Gasteiger partial charge in [0.15, 0.2) is 0 Å². The van der Waals surface area contributed by atoms with Gasteiger partial charge in [0, 0.05) is 6.54 Å². The third-order valence-corrected chi connectivity index (χ3v) is 3.55. The number of aromatic carboxylic acids is 1. The van der Waals surface area contributed by atoms with Gasteiger partial charge in [0.05, 0.1) is 5.56 Å². The number of likely N-dealkylation sites (tertiary alicyclic amines) is 1. The molecule has 19 heavy (non-hydrogen) atoms. The number of carboxylic acid groups (broad SMARTS) is 1. The molecule has 1 heterocycles. The second-order valence-electron chi connectivity index (χ2n) is 5.03. The topological polar surface area (TPSA) is 49.8 Å². The van der Waals surface area contributed by atoms with Gasteiger partial charge < -0.3 is 9.84 Å². The molecule has 1 aromatic carbocycles. The molecule has 104 valence electrons. The number of rotatable bonds is 5. The highest BCUT2D eigenvalue weighted by atomic mass is 16.5. The monoisotopic (exact) mass is 263 g/mol. The van der Waals surface area contributed by atoms with Gasteiger partial charge in [0.25, 0.3) is 0 Å². The lowest BCUT2D eigenvalue weighted by Crippen LogP contribution is -2.33. The Balaban J connectivity index is 1.82. The number of carboxylic acids is 1. The van der Waals surface area contributed by atoms with Crippen LogP contribution in [0, 0.1) is 6.92 Å². The zero-order chi connectivity index (χ0) is 13.7. The number of hydrogen-bond acceptors (Lipinski definition) is 3. The van der Waals surface area contributed by atoms with Crippen molar-refractivity contribution in [1.29, 1.82) is 0 Å². The van der Waals surface area contributed by atoms with Gasteiger partial charge in [-0.1, -0.05) is 6.42 Å². The van der Waals surface area contributed by atoms with Crippen molar-refractivity contribution in [2.24, 2.45) is 0 Å². The lowest BCUT2D eigenvalue weighted by molar-refractivity contribution is 0.0696. The fraction of sp³-hybridized carbons (Fsp3) is 0.533. The first-order valence-corrected chi connectivity index (χ1v) is 6.86. The summed E-state index contributed by atoms with van der Waals surface area (Å²) in [6.45, 7) is 5.73. The molecule has 0 radical (unpaired) electrons. The second-order valence-corrected chi connectivity index (χ2v) is 5.03. The van der Waals surface area contributed by atoms with Crippen LogP contribution in [-0.4, -0.2) is 42.2 Å². The van der Waals surface area contributed by atoms with Crippen molar-refractivity contribution in [3.05, 3.63) is 29.3 Å². The standard InChI is InChI=1S/C15H21NO3/c1-12-11-13(5-6-14(12)15(17)18)19-10-9-16-7-3-2-4-8-16/h5-6,11H,2-4,7-10H2,1H3,(H,17,18). The van der Waals surface area contributed by atoms with Gasteiger partial charge in [-0.05, 0) is 56.6 Å². The predicted molar refractivity (Wildman–Crippen MR) is 73.9 cm³/mol. The Kier molecular flexibility index (Phi) is 4.80. The van der Waals surface area contributed by atoms with Crippen molar-refractivity contribution in [3.63, 3.8) is 0 Å². The maximum absolute atomic E-state index is 10.9. The molecular weight excluding hydrogens is 242 g/mol. The largest absolute Gasteiger partial charge is 0.492 e. The minimum atomic E-state index is -0.891. The molecule has 0 bridgehead atoms. The lowest BCUT2D eigenvalue weighted by Gasteiger charge is -2.26. The first kappa shape index (κ1) is 13.9. The SMILES string of the molecule is Cc1cc(OCCN2CCCCC2)ccc1C(=O)O. The van der Waals surface area contributed by atoms with Crippen molar-refractivity contribution in [2.75, 3.05) is 26.2 Å². The average Bonchev–Trinajstić information content (AvgIpc) is 2.39. The molecule has 1 aliphatic heterocycles. The zero-order valence-corrected chi connectivity index (χ0v) is 11.4. The Morgan fingerprint density at radius 2 is 2.05 bits per heavy atom. The van der Waals surface area contributed by atoms with Crippen LogP contribution in [-0.2, 0) is 0 Å². The molecule has 0 spiro atoms. The molecule has 0 atom stereocenters. The van der Waals surface area contributed by atoms with Crippen molar-refractivity contribution >= 4 is 5.97 Å². The Labute approximate surface area is 114 Å². The second kappa shape index (κ2) is 6.57. The molecule has 1 aliphatic rings. The van der Waals surface area contributed by atoms with Gasteiger partial charge in [-0.15, -0.1) is 0 Å². The summed E-state index contributed by atoms with van der Waals surface area (Å²) in [5, 5.41) is 8.96. The molecule has 0 saturated carbocycles. The van der Waals surface area contributed by atoms with E-state index in [0.717, 1.165) is 17.9 Å². The number of carbonyl (C=O) groups is 1. The molecule has 1 aromatic rings. The first-order valence-electron chi connectivity index (χ1n) is 6.86. The summed E-state index contributed by atoms with van der Waals surface area (Å²) in [5.41, 5.74) is 1.08. The number of ether oxygens (including phenoxy) is 1. The Morgan fingerprint density at radius 1 is 1.32 bits per heavy atom. The summed E-state index contributed by atoms with van der Waals surface area (Å²) in [6, 6.07) is 5.13. The van der Waals surface area contributed by atoms with Crippen molar-refractivity contribution in [2.45, 2.75) is 26.2 Å². The van der Waals surface area contributed by atoms with E-state index in [1.807, 2.05) is 0 Å². The van der Waals surface area contributed by atoms with E-state index in [2.05, 4.69) is 4.90 Å². The van der Waals surface area contributed by atoms with Crippen LogP contribution in [0.15, 0.2) is 18.2 Å². The number of hydrogen-bond donors (Lipinski definition) is 1. The highest BCUT2D eigenvalue weighted by molar-refractivity contribution is 5.89. The number of nitrogens with zero attached hydrogens (tertiary/aromatic N) is 1. The molecule has 0 aliphatic carbocycles. The average molecular weight is 263 g/mol. The van der Waals surface area contributed by atoms with Crippen LogP contribution in [0.25, 0.3) is 0 Å². The smallest absolute Gasteiger partial charge is 0.335 e. The minimum Gasteiger partial charge on any atom is -0.492 e. The third kappa shape index (κ3) is 3.96. The third-order valence-electron chi connectivity index (χ3n) is 3.55. The highest BCUT2D eigenvalue weighted by Crippen LogP contribution is 2.17. The Bertz CT molecular complexity index is 439. The molecule has 2 rings (SSSR count). The molecule has 0 aromatic heterocycles. The molecule has 1 fully saturated rings. The van der Waals surface area contributed by atoms with E-state index in [4.69, 9.17) is 9.84 Å². The summed E-state index contributed by atoms with van der Waals surface area (Å²) in [5.74, 6) is -0.142. The van der Waals surface area contributed by atoms with Gasteiger partial charge in [-0.25, -0.2) is 4.79 Å².